The number of halogens is 3. The van der Waals surface area contributed by atoms with E-state index in [1.165, 1.54) is 55.3 Å². The van der Waals surface area contributed by atoms with Crippen LogP contribution in [0.4, 0.5) is 19.3 Å². The molecule has 322 valence electrons. The van der Waals surface area contributed by atoms with Gasteiger partial charge in [-0.05, 0) is 91.3 Å². The SMILES string of the molecule is COc1ccc(-c2cnc(C(=O)Nc3ccc(C(=O)N4CCN(C(=O)CCCN(CCCNC(=O)OC(C)(C)C)CC(=O)OC(C)(C)C)CC4)c(Cl)c3)n2C)c(F)c1F. The zero-order chi connectivity index (χ0) is 43.7. The fourth-order valence-electron chi connectivity index (χ4n) is 6.29. The van der Waals surface area contributed by atoms with Gasteiger partial charge in [-0.1, -0.05) is 11.6 Å². The van der Waals surface area contributed by atoms with Gasteiger partial charge in [0.05, 0.1) is 36.1 Å². The number of aromatic nitrogens is 2. The Morgan fingerprint density at radius 3 is 2.15 bits per heavy atom. The van der Waals surface area contributed by atoms with Crippen molar-refractivity contribution in [1.82, 2.24) is 29.6 Å². The number of rotatable bonds is 15. The van der Waals surface area contributed by atoms with Crippen LogP contribution in [0.2, 0.25) is 5.02 Å². The third-order valence-electron chi connectivity index (χ3n) is 9.07. The monoisotopic (exact) mass is 845 g/mol. The number of hydrogen-bond donors (Lipinski definition) is 2. The summed E-state index contributed by atoms with van der Waals surface area (Å²) in [6.07, 6.45) is 2.02. The Morgan fingerprint density at radius 1 is 0.881 bits per heavy atom. The van der Waals surface area contributed by atoms with Gasteiger partial charge in [0.25, 0.3) is 11.8 Å². The number of esters is 1. The third-order valence-corrected chi connectivity index (χ3v) is 9.38. The average Bonchev–Trinajstić information content (AvgIpc) is 3.53. The first-order chi connectivity index (χ1) is 27.7. The first kappa shape index (κ1) is 46.4. The molecule has 0 aliphatic carbocycles. The quantitative estimate of drug-likeness (QED) is 0.139. The molecule has 59 heavy (non-hydrogen) atoms. The van der Waals surface area contributed by atoms with E-state index in [2.05, 4.69) is 15.6 Å². The van der Waals surface area contributed by atoms with Gasteiger partial charge in [0, 0.05) is 64.0 Å². The van der Waals surface area contributed by atoms with E-state index in [0.717, 1.165) is 0 Å². The summed E-state index contributed by atoms with van der Waals surface area (Å²) in [6, 6.07) is 7.05. The second-order valence-electron chi connectivity index (χ2n) is 16.0. The summed E-state index contributed by atoms with van der Waals surface area (Å²) in [4.78, 5) is 73.7. The van der Waals surface area contributed by atoms with Crippen LogP contribution in [-0.4, -0.2) is 125 Å². The van der Waals surface area contributed by atoms with Crippen molar-refractivity contribution >= 4 is 47.1 Å². The molecule has 0 bridgehead atoms. The molecular formula is C41H54ClF2N7O8. The van der Waals surface area contributed by atoms with Crippen LogP contribution < -0.4 is 15.4 Å². The number of hydrogen-bond acceptors (Lipinski definition) is 10. The minimum Gasteiger partial charge on any atom is -0.494 e. The van der Waals surface area contributed by atoms with Crippen LogP contribution in [0.15, 0.2) is 36.5 Å². The van der Waals surface area contributed by atoms with E-state index in [4.69, 9.17) is 25.8 Å². The summed E-state index contributed by atoms with van der Waals surface area (Å²) in [5, 5.41) is 5.48. The molecule has 1 aliphatic rings. The molecule has 0 saturated carbocycles. The highest BCUT2D eigenvalue weighted by Gasteiger charge is 2.27. The van der Waals surface area contributed by atoms with Crippen molar-refractivity contribution in [2.45, 2.75) is 72.0 Å². The van der Waals surface area contributed by atoms with Gasteiger partial charge in [-0.25, -0.2) is 14.2 Å². The third kappa shape index (κ3) is 13.4. The number of carbonyl (C=O) groups is 5. The predicted molar refractivity (Wildman–Crippen MR) is 217 cm³/mol. The lowest BCUT2D eigenvalue weighted by atomic mass is 10.1. The number of anilines is 1. The van der Waals surface area contributed by atoms with Crippen LogP contribution in [0.5, 0.6) is 5.75 Å². The molecular weight excluding hydrogens is 792 g/mol. The number of carbonyl (C=O) groups excluding carboxylic acids is 5. The molecule has 4 rings (SSSR count). The van der Waals surface area contributed by atoms with Crippen molar-refractivity contribution in [3.63, 3.8) is 0 Å². The van der Waals surface area contributed by atoms with E-state index in [1.54, 1.807) is 51.3 Å². The van der Waals surface area contributed by atoms with Crippen molar-refractivity contribution in [2.75, 3.05) is 64.8 Å². The maximum Gasteiger partial charge on any atom is 0.407 e. The Labute approximate surface area is 348 Å². The van der Waals surface area contributed by atoms with Gasteiger partial charge >= 0.3 is 12.1 Å². The van der Waals surface area contributed by atoms with Gasteiger partial charge in [-0.15, -0.1) is 0 Å². The number of nitrogens with zero attached hydrogens (tertiary/aromatic N) is 5. The Kier molecular flexibility index (Phi) is 15.8. The summed E-state index contributed by atoms with van der Waals surface area (Å²) < 4.78 is 46.0. The van der Waals surface area contributed by atoms with Gasteiger partial charge in [-0.3, -0.25) is 24.1 Å². The number of imidazole rings is 1. The number of piperazine rings is 1. The molecule has 0 spiro atoms. The standard InChI is InChI=1S/C41H54ClF2N7O8/c1-40(2,3)58-33(53)25-49(18-10-16-45-39(56)59-41(4,5)6)17-9-11-32(52)50-19-21-51(22-20-50)38(55)27-13-12-26(23-29(27)42)47-37(54)36-46-24-30(48(36)7)28-14-15-31(57-8)35(44)34(28)43/h12-15,23-24H,9-11,16-22,25H2,1-8H3,(H,45,56)(H,47,54). The second kappa shape index (κ2) is 20.1. The molecule has 1 aromatic heterocycles. The van der Waals surface area contributed by atoms with E-state index in [0.29, 0.717) is 45.6 Å². The highest BCUT2D eigenvalue weighted by Crippen LogP contribution is 2.30. The number of alkyl carbamates (subject to hydrolysis) is 1. The number of methoxy groups -OCH3 is 1. The van der Waals surface area contributed by atoms with E-state index >= 15 is 0 Å². The lowest BCUT2D eigenvalue weighted by Gasteiger charge is -2.35. The maximum absolute atomic E-state index is 14.7. The van der Waals surface area contributed by atoms with Crippen molar-refractivity contribution in [2.24, 2.45) is 7.05 Å². The summed E-state index contributed by atoms with van der Waals surface area (Å²) in [7, 11) is 2.71. The normalized spacial score (nSPS) is 13.3. The van der Waals surface area contributed by atoms with Gasteiger partial charge in [-0.2, -0.15) is 4.39 Å². The van der Waals surface area contributed by atoms with Gasteiger partial charge in [0.2, 0.25) is 11.7 Å². The van der Waals surface area contributed by atoms with Gasteiger partial charge in [0.15, 0.2) is 17.4 Å². The van der Waals surface area contributed by atoms with Crippen LogP contribution in [0.25, 0.3) is 11.3 Å². The molecule has 0 atom stereocenters. The molecule has 18 heteroatoms. The second-order valence-corrected chi connectivity index (χ2v) is 16.4. The summed E-state index contributed by atoms with van der Waals surface area (Å²) in [5.74, 6) is -4.07. The minimum absolute atomic E-state index is 0.0382. The molecule has 1 fully saturated rings. The van der Waals surface area contributed by atoms with Crippen LogP contribution in [0.3, 0.4) is 0 Å². The topological polar surface area (TPSA) is 165 Å². The van der Waals surface area contributed by atoms with Crippen LogP contribution in [0.1, 0.15) is 81.8 Å². The number of ether oxygens (including phenoxy) is 3. The Morgan fingerprint density at radius 2 is 1.53 bits per heavy atom. The first-order valence-electron chi connectivity index (χ1n) is 19.3. The number of amides is 4. The van der Waals surface area contributed by atoms with E-state index in [9.17, 15) is 32.8 Å². The molecule has 2 N–H and O–H groups in total. The van der Waals surface area contributed by atoms with Crippen LogP contribution in [-0.2, 0) is 26.1 Å². The predicted octanol–water partition coefficient (Wildman–Crippen LogP) is 5.90. The highest BCUT2D eigenvalue weighted by molar-refractivity contribution is 6.34. The molecule has 1 saturated heterocycles. The lowest BCUT2D eigenvalue weighted by Crippen LogP contribution is -2.50. The molecule has 3 aromatic rings. The Hall–Kier alpha value is -5.29. The smallest absolute Gasteiger partial charge is 0.407 e. The van der Waals surface area contributed by atoms with Crippen molar-refractivity contribution in [3.8, 4) is 17.0 Å². The zero-order valence-corrected chi connectivity index (χ0v) is 35.6. The number of benzene rings is 2. The van der Waals surface area contributed by atoms with E-state index < -0.39 is 34.8 Å². The van der Waals surface area contributed by atoms with E-state index in [-0.39, 0.29) is 82.9 Å². The summed E-state index contributed by atoms with van der Waals surface area (Å²) in [5.41, 5.74) is -0.710. The molecule has 0 radical (unpaired) electrons. The average molecular weight is 846 g/mol. The Balaban J connectivity index is 1.26. The summed E-state index contributed by atoms with van der Waals surface area (Å²) >= 11 is 6.52. The fourth-order valence-corrected chi connectivity index (χ4v) is 6.55. The van der Waals surface area contributed by atoms with Crippen molar-refractivity contribution < 1.29 is 47.0 Å². The molecule has 4 amide bonds. The molecule has 0 unspecified atom stereocenters. The molecule has 2 heterocycles. The van der Waals surface area contributed by atoms with E-state index in [1.807, 2.05) is 4.90 Å². The molecule has 2 aromatic carbocycles. The minimum atomic E-state index is -1.16. The van der Waals surface area contributed by atoms with Crippen LogP contribution >= 0.6 is 11.6 Å². The highest BCUT2D eigenvalue weighted by atomic mass is 35.5. The summed E-state index contributed by atoms with van der Waals surface area (Å²) in [6.45, 7) is 13.3. The molecule has 15 nitrogen and oxygen atoms in total. The van der Waals surface area contributed by atoms with Crippen LogP contribution in [0, 0.1) is 11.6 Å². The number of nitrogens with one attached hydrogen (secondary N) is 2. The van der Waals surface area contributed by atoms with Gasteiger partial charge < -0.3 is 39.2 Å². The largest absolute Gasteiger partial charge is 0.494 e. The fraction of sp³-hybridized carbons (Fsp3) is 0.512. The van der Waals surface area contributed by atoms with Crippen molar-refractivity contribution in [1.29, 1.82) is 0 Å². The maximum atomic E-state index is 14.7. The van der Waals surface area contributed by atoms with Crippen molar-refractivity contribution in [3.05, 3.63) is 64.6 Å². The Bertz CT molecular complexity index is 2010. The zero-order valence-electron chi connectivity index (χ0n) is 34.9. The molecule has 1 aliphatic heterocycles. The lowest BCUT2D eigenvalue weighted by molar-refractivity contribution is -0.156. The first-order valence-corrected chi connectivity index (χ1v) is 19.7. The van der Waals surface area contributed by atoms with Gasteiger partial charge in [0.1, 0.15) is 11.2 Å².